The van der Waals surface area contributed by atoms with Crippen LogP contribution in [-0.4, -0.2) is 24.9 Å². The van der Waals surface area contributed by atoms with Gasteiger partial charge in [-0.25, -0.2) is 0 Å². The molecule has 2 aromatic carbocycles. The summed E-state index contributed by atoms with van der Waals surface area (Å²) in [5.74, 6) is 0.0521. The largest absolute Gasteiger partial charge is 0.355 e. The maximum Gasteiger partial charge on any atom is 0.251 e. The summed E-state index contributed by atoms with van der Waals surface area (Å²) in [7, 11) is 0. The number of benzene rings is 2. The number of amides is 2. The van der Waals surface area contributed by atoms with Crippen molar-refractivity contribution in [3.8, 4) is 0 Å². The van der Waals surface area contributed by atoms with Gasteiger partial charge in [-0.2, -0.15) is 0 Å². The van der Waals surface area contributed by atoms with Crippen LogP contribution in [0.5, 0.6) is 0 Å². The van der Waals surface area contributed by atoms with Gasteiger partial charge in [-0.1, -0.05) is 55.5 Å². The van der Waals surface area contributed by atoms with Gasteiger partial charge in [0.05, 0.1) is 0 Å². The van der Waals surface area contributed by atoms with Crippen molar-refractivity contribution in [2.45, 2.75) is 19.3 Å². The maximum absolute atomic E-state index is 11.8. The molecule has 4 nitrogen and oxygen atoms in total. The second-order valence-electron chi connectivity index (χ2n) is 5.49. The van der Waals surface area contributed by atoms with E-state index in [9.17, 15) is 9.59 Å². The first-order valence-electron chi connectivity index (χ1n) is 7.81. The highest BCUT2D eigenvalue weighted by Gasteiger charge is 2.08. The summed E-state index contributed by atoms with van der Waals surface area (Å²) < 4.78 is 0. The van der Waals surface area contributed by atoms with Gasteiger partial charge in [-0.05, 0) is 23.6 Å². The molecule has 0 saturated heterocycles. The molecular formula is C19H22N2O2. The number of hydrogen-bond donors (Lipinski definition) is 2. The van der Waals surface area contributed by atoms with Crippen molar-refractivity contribution < 1.29 is 9.59 Å². The van der Waals surface area contributed by atoms with E-state index in [1.54, 1.807) is 12.1 Å². The Labute approximate surface area is 136 Å². The van der Waals surface area contributed by atoms with Crippen molar-refractivity contribution in [1.82, 2.24) is 10.6 Å². The molecule has 2 N–H and O–H groups in total. The Morgan fingerprint density at radius 2 is 1.52 bits per heavy atom. The second-order valence-corrected chi connectivity index (χ2v) is 5.49. The zero-order valence-corrected chi connectivity index (χ0v) is 13.3. The molecule has 0 spiro atoms. The third-order valence-corrected chi connectivity index (χ3v) is 3.65. The van der Waals surface area contributed by atoms with Crippen LogP contribution in [0.15, 0.2) is 60.7 Å². The summed E-state index contributed by atoms with van der Waals surface area (Å²) >= 11 is 0. The van der Waals surface area contributed by atoms with Crippen LogP contribution >= 0.6 is 0 Å². The third-order valence-electron chi connectivity index (χ3n) is 3.65. The Kier molecular flexibility index (Phi) is 6.36. The first kappa shape index (κ1) is 16.7. The third kappa shape index (κ3) is 5.58. The van der Waals surface area contributed by atoms with Crippen molar-refractivity contribution in [3.63, 3.8) is 0 Å². The molecule has 0 radical (unpaired) electrons. The Morgan fingerprint density at radius 3 is 2.17 bits per heavy atom. The summed E-state index contributed by atoms with van der Waals surface area (Å²) in [6, 6.07) is 19.0. The standard InChI is InChI=1S/C19H22N2O2/c1-15(16-8-4-2-5-9-16)14-21-18(22)12-13-20-19(23)17-10-6-3-7-11-17/h2-11,15H,12-14H2,1H3,(H,20,23)(H,21,22). The summed E-state index contributed by atoms with van der Waals surface area (Å²) in [4.78, 5) is 23.7. The summed E-state index contributed by atoms with van der Waals surface area (Å²) in [5.41, 5.74) is 1.80. The molecule has 23 heavy (non-hydrogen) atoms. The fourth-order valence-corrected chi connectivity index (χ4v) is 2.24. The van der Waals surface area contributed by atoms with Crippen molar-refractivity contribution in [3.05, 3.63) is 71.8 Å². The molecule has 0 fully saturated rings. The Balaban J connectivity index is 1.66. The number of carbonyl (C=O) groups excluding carboxylic acids is 2. The zero-order valence-electron chi connectivity index (χ0n) is 13.3. The summed E-state index contributed by atoms with van der Waals surface area (Å²) in [6.07, 6.45) is 0.278. The second kappa shape index (κ2) is 8.73. The zero-order chi connectivity index (χ0) is 16.5. The molecule has 0 aliphatic rings. The van der Waals surface area contributed by atoms with Gasteiger partial charge < -0.3 is 10.6 Å². The van der Waals surface area contributed by atoms with Crippen LogP contribution in [0.4, 0.5) is 0 Å². The first-order chi connectivity index (χ1) is 11.2. The van der Waals surface area contributed by atoms with Crippen molar-refractivity contribution in [1.29, 1.82) is 0 Å². The van der Waals surface area contributed by atoms with Crippen LogP contribution < -0.4 is 10.6 Å². The van der Waals surface area contributed by atoms with E-state index in [0.29, 0.717) is 18.7 Å². The normalized spacial score (nSPS) is 11.5. The molecule has 1 atom stereocenters. The monoisotopic (exact) mass is 310 g/mol. The van der Waals surface area contributed by atoms with Crippen LogP contribution in [0.2, 0.25) is 0 Å². The van der Waals surface area contributed by atoms with Crippen LogP contribution in [0.3, 0.4) is 0 Å². The van der Waals surface area contributed by atoms with E-state index in [4.69, 9.17) is 0 Å². The Bertz CT molecular complexity index is 626. The molecular weight excluding hydrogens is 288 g/mol. The van der Waals surface area contributed by atoms with Gasteiger partial charge in [0.2, 0.25) is 5.91 Å². The minimum Gasteiger partial charge on any atom is -0.355 e. The number of carbonyl (C=O) groups is 2. The van der Waals surface area contributed by atoms with Crippen LogP contribution in [0, 0.1) is 0 Å². The molecule has 2 rings (SSSR count). The minimum atomic E-state index is -0.156. The number of rotatable bonds is 7. The van der Waals surface area contributed by atoms with E-state index in [1.165, 1.54) is 5.56 Å². The van der Waals surface area contributed by atoms with Crippen LogP contribution in [0.1, 0.15) is 35.2 Å². The maximum atomic E-state index is 11.8. The van der Waals surface area contributed by atoms with E-state index in [1.807, 2.05) is 36.4 Å². The summed E-state index contributed by atoms with van der Waals surface area (Å²) in [6.45, 7) is 3.00. The van der Waals surface area contributed by atoms with Gasteiger partial charge in [0, 0.05) is 25.1 Å². The van der Waals surface area contributed by atoms with Gasteiger partial charge in [0.1, 0.15) is 0 Å². The van der Waals surface area contributed by atoms with Crippen LogP contribution in [-0.2, 0) is 4.79 Å². The molecule has 120 valence electrons. The van der Waals surface area contributed by atoms with E-state index < -0.39 is 0 Å². The van der Waals surface area contributed by atoms with E-state index in [0.717, 1.165) is 0 Å². The first-order valence-corrected chi connectivity index (χ1v) is 7.81. The number of hydrogen-bond acceptors (Lipinski definition) is 2. The lowest BCUT2D eigenvalue weighted by Crippen LogP contribution is -2.32. The molecule has 4 heteroatoms. The highest BCUT2D eigenvalue weighted by Crippen LogP contribution is 2.12. The van der Waals surface area contributed by atoms with Gasteiger partial charge in [-0.3, -0.25) is 9.59 Å². The van der Waals surface area contributed by atoms with Crippen LogP contribution in [0.25, 0.3) is 0 Å². The molecule has 2 aromatic rings. The molecule has 0 aromatic heterocycles. The molecule has 0 bridgehead atoms. The van der Waals surface area contributed by atoms with Gasteiger partial charge in [0.15, 0.2) is 0 Å². The van der Waals surface area contributed by atoms with Gasteiger partial charge >= 0.3 is 0 Å². The van der Waals surface area contributed by atoms with Crippen molar-refractivity contribution in [2.24, 2.45) is 0 Å². The van der Waals surface area contributed by atoms with Crippen molar-refractivity contribution >= 4 is 11.8 Å². The predicted molar refractivity (Wildman–Crippen MR) is 91.3 cm³/mol. The lowest BCUT2D eigenvalue weighted by molar-refractivity contribution is -0.121. The van der Waals surface area contributed by atoms with Gasteiger partial charge in [-0.15, -0.1) is 0 Å². The average molecular weight is 310 g/mol. The SMILES string of the molecule is CC(CNC(=O)CCNC(=O)c1ccccc1)c1ccccc1. The fraction of sp³-hybridized carbons (Fsp3) is 0.263. The number of nitrogens with one attached hydrogen (secondary N) is 2. The van der Waals surface area contributed by atoms with E-state index in [-0.39, 0.29) is 24.2 Å². The fourth-order valence-electron chi connectivity index (χ4n) is 2.24. The predicted octanol–water partition coefficient (Wildman–Crippen LogP) is 2.73. The molecule has 0 saturated carbocycles. The lowest BCUT2D eigenvalue weighted by atomic mass is 10.0. The molecule has 0 aliphatic heterocycles. The topological polar surface area (TPSA) is 58.2 Å². The Morgan fingerprint density at radius 1 is 0.913 bits per heavy atom. The van der Waals surface area contributed by atoms with Crippen molar-refractivity contribution in [2.75, 3.05) is 13.1 Å². The Hall–Kier alpha value is -2.62. The smallest absolute Gasteiger partial charge is 0.251 e. The molecule has 1 unspecified atom stereocenters. The highest BCUT2D eigenvalue weighted by atomic mass is 16.2. The van der Waals surface area contributed by atoms with E-state index in [2.05, 4.69) is 29.7 Å². The van der Waals surface area contributed by atoms with Gasteiger partial charge in [0.25, 0.3) is 5.91 Å². The highest BCUT2D eigenvalue weighted by molar-refractivity contribution is 5.94. The lowest BCUT2D eigenvalue weighted by Gasteiger charge is -2.13. The molecule has 0 aliphatic carbocycles. The summed E-state index contributed by atoms with van der Waals surface area (Å²) in [5, 5.41) is 5.65. The quantitative estimate of drug-likeness (QED) is 0.826. The molecule has 2 amide bonds. The molecule has 0 heterocycles. The average Bonchev–Trinajstić information content (AvgIpc) is 2.61. The van der Waals surface area contributed by atoms with E-state index >= 15 is 0 Å². The minimum absolute atomic E-state index is 0.0545.